The highest BCUT2D eigenvalue weighted by Crippen LogP contribution is 2.20. The van der Waals surface area contributed by atoms with E-state index in [0.717, 1.165) is 12.1 Å². The van der Waals surface area contributed by atoms with Crippen LogP contribution < -0.4 is 5.32 Å². The molecule has 1 atom stereocenters. The Morgan fingerprint density at radius 3 is 2.32 bits per heavy atom. The Hall–Kier alpha value is -1.60. The molecule has 0 spiro atoms. The molecule has 0 aliphatic rings. The molecule has 1 nitrogen and oxygen atoms in total. The molecule has 0 amide bonds. The molecule has 0 bridgehead atoms. The molecule has 104 valence electrons. The lowest BCUT2D eigenvalue weighted by Crippen LogP contribution is -2.32. The number of rotatable bonds is 8. The van der Waals surface area contributed by atoms with Crippen LogP contribution in [0.2, 0.25) is 0 Å². The van der Waals surface area contributed by atoms with E-state index in [0.29, 0.717) is 0 Å². The van der Waals surface area contributed by atoms with Crippen molar-refractivity contribution in [1.82, 2.24) is 5.32 Å². The third-order valence-electron chi connectivity index (χ3n) is 2.68. The fraction of sp³-hybridized carbons (Fsp3) is 0.333. The Bertz CT molecular complexity index is 405. The van der Waals surface area contributed by atoms with Gasteiger partial charge < -0.3 is 5.32 Å². The second-order valence-electron chi connectivity index (χ2n) is 4.32. The van der Waals surface area contributed by atoms with Crippen molar-refractivity contribution in [2.45, 2.75) is 33.7 Å². The molecule has 0 aromatic heterocycles. The van der Waals surface area contributed by atoms with E-state index in [-0.39, 0.29) is 6.04 Å². The van der Waals surface area contributed by atoms with Crippen molar-refractivity contribution in [2.24, 2.45) is 0 Å². The van der Waals surface area contributed by atoms with E-state index in [4.69, 9.17) is 0 Å². The van der Waals surface area contributed by atoms with Gasteiger partial charge in [0, 0.05) is 0 Å². The van der Waals surface area contributed by atoms with Crippen LogP contribution in [0.15, 0.2) is 72.4 Å². The Labute approximate surface area is 118 Å². The zero-order valence-electron chi connectivity index (χ0n) is 12.7. The maximum atomic E-state index is 4.09. The molecular formula is C18H27N. The lowest BCUT2D eigenvalue weighted by molar-refractivity contribution is 0.667. The van der Waals surface area contributed by atoms with Crippen molar-refractivity contribution < 1.29 is 0 Å². The number of likely N-dealkylation sites (N-methyl/N-ethyl adjacent to an activating group) is 1. The summed E-state index contributed by atoms with van der Waals surface area (Å²) in [5, 5.41) is 3.51. The Morgan fingerprint density at radius 1 is 1.21 bits per heavy atom. The highest BCUT2D eigenvalue weighted by atomic mass is 14.9. The van der Waals surface area contributed by atoms with Crippen molar-refractivity contribution >= 4 is 0 Å². The van der Waals surface area contributed by atoms with E-state index in [1.54, 1.807) is 0 Å². The van der Waals surface area contributed by atoms with Crippen molar-refractivity contribution in [3.63, 3.8) is 0 Å². The molecule has 19 heavy (non-hydrogen) atoms. The molecule has 0 aliphatic carbocycles. The minimum absolute atomic E-state index is 0.146. The van der Waals surface area contributed by atoms with Gasteiger partial charge in [-0.2, -0.15) is 0 Å². The normalized spacial score (nSPS) is 15.2. The Morgan fingerprint density at radius 2 is 1.89 bits per heavy atom. The third-order valence-corrected chi connectivity index (χ3v) is 2.68. The van der Waals surface area contributed by atoms with Crippen LogP contribution in [0, 0.1) is 0 Å². The Kier molecular flexibility index (Phi) is 9.46. The lowest BCUT2D eigenvalue weighted by atomic mass is 9.92. The van der Waals surface area contributed by atoms with Gasteiger partial charge in [-0.15, -0.1) is 0 Å². The molecule has 0 saturated carbocycles. The molecular weight excluding hydrogens is 230 g/mol. The van der Waals surface area contributed by atoms with Crippen molar-refractivity contribution in [2.75, 3.05) is 6.54 Å². The molecule has 0 radical (unpaired) electrons. The third kappa shape index (κ3) is 6.21. The smallest absolute Gasteiger partial charge is 0.0578 e. The van der Waals surface area contributed by atoms with Crippen LogP contribution in [0.4, 0.5) is 0 Å². The van der Waals surface area contributed by atoms with Crippen LogP contribution in [0.3, 0.4) is 0 Å². The van der Waals surface area contributed by atoms with E-state index in [9.17, 15) is 0 Å². The van der Waals surface area contributed by atoms with E-state index >= 15 is 0 Å². The second-order valence-corrected chi connectivity index (χ2v) is 4.32. The average Bonchev–Trinajstić information content (AvgIpc) is 2.37. The van der Waals surface area contributed by atoms with Gasteiger partial charge in [0.15, 0.2) is 0 Å². The number of allylic oxidation sites excluding steroid dienone is 6. The van der Waals surface area contributed by atoms with Crippen LogP contribution in [0.1, 0.15) is 27.7 Å². The Balaban J connectivity index is 5.64. The molecule has 0 fully saturated rings. The van der Waals surface area contributed by atoms with Gasteiger partial charge in [0.05, 0.1) is 6.04 Å². The second kappa shape index (κ2) is 10.3. The van der Waals surface area contributed by atoms with Crippen LogP contribution in [-0.4, -0.2) is 12.6 Å². The number of nitrogens with one attached hydrogen (secondary N) is 1. The zero-order chi connectivity index (χ0) is 14.7. The summed E-state index contributed by atoms with van der Waals surface area (Å²) in [6.45, 7) is 17.0. The van der Waals surface area contributed by atoms with Crippen LogP contribution in [0.25, 0.3) is 0 Å². The van der Waals surface area contributed by atoms with Gasteiger partial charge in [-0.25, -0.2) is 0 Å². The van der Waals surface area contributed by atoms with E-state index < -0.39 is 0 Å². The van der Waals surface area contributed by atoms with Crippen LogP contribution in [0.5, 0.6) is 0 Å². The predicted molar refractivity (Wildman–Crippen MR) is 88.3 cm³/mol. The van der Waals surface area contributed by atoms with E-state index in [2.05, 4.69) is 43.6 Å². The van der Waals surface area contributed by atoms with Gasteiger partial charge in [0.2, 0.25) is 0 Å². The van der Waals surface area contributed by atoms with Gasteiger partial charge in [0.25, 0.3) is 0 Å². The predicted octanol–water partition coefficient (Wildman–Crippen LogP) is 4.73. The molecule has 0 rings (SSSR count). The summed E-state index contributed by atoms with van der Waals surface area (Å²) in [7, 11) is 0. The maximum absolute atomic E-state index is 4.09. The van der Waals surface area contributed by atoms with Gasteiger partial charge in [0.1, 0.15) is 0 Å². The van der Waals surface area contributed by atoms with Crippen molar-refractivity contribution in [3.05, 3.63) is 72.4 Å². The molecule has 0 aromatic carbocycles. The molecule has 1 heteroatoms. The first kappa shape index (κ1) is 17.4. The fourth-order valence-electron chi connectivity index (χ4n) is 1.87. The largest absolute Gasteiger partial charge is 0.307 e. The monoisotopic (exact) mass is 257 g/mol. The first-order chi connectivity index (χ1) is 9.12. The fourth-order valence-corrected chi connectivity index (χ4v) is 1.87. The van der Waals surface area contributed by atoms with E-state index in [1.807, 2.05) is 45.1 Å². The highest BCUT2D eigenvalue weighted by molar-refractivity contribution is 5.45. The van der Waals surface area contributed by atoms with Crippen LogP contribution in [-0.2, 0) is 0 Å². The summed E-state index contributed by atoms with van der Waals surface area (Å²) in [5.41, 5.74) is 3.47. The number of hydrogen-bond donors (Lipinski definition) is 1. The minimum Gasteiger partial charge on any atom is -0.307 e. The molecule has 0 heterocycles. The summed E-state index contributed by atoms with van der Waals surface area (Å²) in [6, 6.07) is 0.146. The molecule has 0 aliphatic heterocycles. The van der Waals surface area contributed by atoms with Gasteiger partial charge in [-0.1, -0.05) is 68.2 Å². The standard InChI is InChI=1S/C18H27N/c1-7-11-14-17(15(5)6)18(19-10-4)16(12-8-2)13-9-3/h7-9,11-14,18-19H,2,5,10H2,1,3-4,6H3/b11-7-,13-9-,16-12+,17-14+/t18-/m0/s1. The van der Waals surface area contributed by atoms with Crippen LogP contribution >= 0.6 is 0 Å². The van der Waals surface area contributed by atoms with Gasteiger partial charge in [-0.05, 0) is 38.5 Å². The quantitative estimate of drug-likeness (QED) is 0.620. The molecule has 0 unspecified atom stereocenters. The zero-order valence-corrected chi connectivity index (χ0v) is 12.7. The van der Waals surface area contributed by atoms with Gasteiger partial charge in [-0.3, -0.25) is 0 Å². The molecule has 1 N–H and O–H groups in total. The van der Waals surface area contributed by atoms with E-state index in [1.165, 1.54) is 11.1 Å². The van der Waals surface area contributed by atoms with Crippen molar-refractivity contribution in [1.29, 1.82) is 0 Å². The summed E-state index contributed by atoms with van der Waals surface area (Å²) in [4.78, 5) is 0. The summed E-state index contributed by atoms with van der Waals surface area (Å²) >= 11 is 0. The molecule has 0 aromatic rings. The first-order valence-corrected chi connectivity index (χ1v) is 6.79. The topological polar surface area (TPSA) is 12.0 Å². The summed E-state index contributed by atoms with van der Waals surface area (Å²) < 4.78 is 0. The maximum Gasteiger partial charge on any atom is 0.0578 e. The lowest BCUT2D eigenvalue weighted by Gasteiger charge is -2.23. The van der Waals surface area contributed by atoms with Gasteiger partial charge >= 0.3 is 0 Å². The van der Waals surface area contributed by atoms with Crippen molar-refractivity contribution in [3.8, 4) is 0 Å². The SMILES string of the molecule is C=C/C=C(\C=C/C)[C@H](NCC)/C(=C/C=C\C)C(=C)C. The average molecular weight is 257 g/mol. The summed E-state index contributed by atoms with van der Waals surface area (Å²) in [5.74, 6) is 0. The number of hydrogen-bond acceptors (Lipinski definition) is 1. The summed E-state index contributed by atoms with van der Waals surface area (Å²) in [6.07, 6.45) is 14.2. The highest BCUT2D eigenvalue weighted by Gasteiger charge is 2.16. The molecule has 0 saturated heterocycles. The minimum atomic E-state index is 0.146. The first-order valence-electron chi connectivity index (χ1n) is 6.79.